The van der Waals surface area contributed by atoms with Crippen LogP contribution in [0.3, 0.4) is 0 Å². The van der Waals surface area contributed by atoms with Gasteiger partial charge < -0.3 is 9.47 Å². The Morgan fingerprint density at radius 1 is 1.03 bits per heavy atom. The van der Waals surface area contributed by atoms with Gasteiger partial charge in [0.1, 0.15) is 11.9 Å². The fourth-order valence-corrected chi connectivity index (χ4v) is 4.18. The van der Waals surface area contributed by atoms with Crippen LogP contribution < -0.4 is 10.2 Å². The number of benzene rings is 3. The highest BCUT2D eigenvalue weighted by Gasteiger charge is 2.20. The van der Waals surface area contributed by atoms with Crippen molar-refractivity contribution < 1.29 is 19.1 Å². The molecule has 1 aliphatic rings. The predicted molar refractivity (Wildman–Crippen MR) is 131 cm³/mol. The molecule has 174 valence electrons. The lowest BCUT2D eigenvalue weighted by molar-refractivity contribution is -0.142. The average molecular weight is 456 g/mol. The number of hydrogen-bond acceptors (Lipinski definition) is 5. The maximum Gasteiger partial charge on any atom is 0.343 e. The molecule has 0 saturated carbocycles. The average Bonchev–Trinajstić information content (AvgIpc) is 2.90. The van der Waals surface area contributed by atoms with Crippen LogP contribution in [0.15, 0.2) is 96.9 Å². The number of rotatable bonds is 9. The van der Waals surface area contributed by atoms with E-state index in [1.54, 1.807) is 6.20 Å². The third kappa shape index (κ3) is 6.16. The molecule has 3 aromatic carbocycles. The normalized spacial score (nSPS) is 14.5. The summed E-state index contributed by atoms with van der Waals surface area (Å²) in [6.07, 6.45) is 6.37. The summed E-state index contributed by atoms with van der Waals surface area (Å²) in [5, 5.41) is 0. The molecular weight excluding hydrogens is 426 g/mol. The Bertz CT molecular complexity index is 1100. The Labute approximate surface area is 200 Å². The number of esters is 1. The first-order chi connectivity index (χ1) is 16.7. The molecule has 0 aromatic heterocycles. The van der Waals surface area contributed by atoms with Gasteiger partial charge in [-0.3, -0.25) is 10.3 Å². The van der Waals surface area contributed by atoms with Gasteiger partial charge in [0, 0.05) is 0 Å². The largest absolute Gasteiger partial charge is 0.482 e. The predicted octanol–water partition coefficient (Wildman–Crippen LogP) is 5.32. The summed E-state index contributed by atoms with van der Waals surface area (Å²) in [5.74, 6) is 0.764. The molecule has 1 unspecified atom stereocenters. The first-order valence-electron chi connectivity index (χ1n) is 11.5. The van der Waals surface area contributed by atoms with Gasteiger partial charge in [0.05, 0.1) is 13.3 Å². The second-order valence-corrected chi connectivity index (χ2v) is 8.18. The molecule has 3 aromatic rings. The van der Waals surface area contributed by atoms with Crippen molar-refractivity contribution in [3.8, 4) is 5.75 Å². The van der Waals surface area contributed by atoms with E-state index >= 15 is 0 Å². The standard InChI is InChI=1S/C29H29NO4/c1-32-28(31)21-33-27-16-8-15-25-20-22(17-18-26(25)27)10-9-19-30-34-29(23-11-4-2-5-12-23)24-13-6-3-7-14-24/h2-8,10-16,19,22,29-30H,17-18,20-21H2,1H3. The van der Waals surface area contributed by atoms with Crippen molar-refractivity contribution in [2.24, 2.45) is 5.92 Å². The van der Waals surface area contributed by atoms with Crippen molar-refractivity contribution in [3.63, 3.8) is 0 Å². The van der Waals surface area contributed by atoms with Gasteiger partial charge in [0.15, 0.2) is 6.61 Å². The first-order valence-corrected chi connectivity index (χ1v) is 11.5. The summed E-state index contributed by atoms with van der Waals surface area (Å²) in [4.78, 5) is 17.4. The molecule has 1 aliphatic carbocycles. The van der Waals surface area contributed by atoms with E-state index in [9.17, 15) is 4.79 Å². The summed E-state index contributed by atoms with van der Waals surface area (Å²) < 4.78 is 10.3. The van der Waals surface area contributed by atoms with Gasteiger partial charge in [0.2, 0.25) is 0 Å². The van der Waals surface area contributed by atoms with Crippen molar-refractivity contribution in [1.82, 2.24) is 5.48 Å². The molecule has 0 bridgehead atoms. The molecule has 0 fully saturated rings. The number of hydrogen-bond donors (Lipinski definition) is 1. The quantitative estimate of drug-likeness (QED) is 0.269. The van der Waals surface area contributed by atoms with E-state index in [4.69, 9.17) is 9.57 Å². The molecule has 34 heavy (non-hydrogen) atoms. The SMILES string of the molecule is COC(=O)COc1cccc2c1CCC(C=C=CNOC(c1ccccc1)c1ccccc1)C2. The number of methoxy groups -OCH3 is 1. The third-order valence-corrected chi connectivity index (χ3v) is 5.92. The molecule has 5 nitrogen and oxygen atoms in total. The summed E-state index contributed by atoms with van der Waals surface area (Å²) in [5.41, 5.74) is 10.8. The van der Waals surface area contributed by atoms with Crippen LogP contribution in [0.25, 0.3) is 0 Å². The lowest BCUT2D eigenvalue weighted by Gasteiger charge is -2.23. The molecule has 0 spiro atoms. The zero-order chi connectivity index (χ0) is 23.6. The van der Waals surface area contributed by atoms with Crippen LogP contribution in [0, 0.1) is 5.92 Å². The summed E-state index contributed by atoms with van der Waals surface area (Å²) >= 11 is 0. The van der Waals surface area contributed by atoms with Crippen molar-refractivity contribution in [1.29, 1.82) is 0 Å². The number of allylic oxidation sites excluding steroid dienone is 1. The fourth-order valence-electron chi connectivity index (χ4n) is 4.18. The summed E-state index contributed by atoms with van der Waals surface area (Å²) in [6, 6.07) is 26.3. The second kappa shape index (κ2) is 11.9. The van der Waals surface area contributed by atoms with Crippen LogP contribution >= 0.6 is 0 Å². The van der Waals surface area contributed by atoms with Crippen molar-refractivity contribution in [2.45, 2.75) is 25.4 Å². The minimum atomic E-state index is -0.379. The molecule has 1 atom stereocenters. The van der Waals surface area contributed by atoms with Gasteiger partial charge in [-0.25, -0.2) is 4.79 Å². The highest BCUT2D eigenvalue weighted by Crippen LogP contribution is 2.32. The van der Waals surface area contributed by atoms with Crippen LogP contribution in [0.1, 0.15) is 34.8 Å². The van der Waals surface area contributed by atoms with E-state index in [1.165, 1.54) is 18.2 Å². The Kier molecular flexibility index (Phi) is 8.18. The number of carbonyl (C=O) groups excluding carboxylic acids is 1. The Balaban J connectivity index is 1.36. The topological polar surface area (TPSA) is 56.8 Å². The zero-order valence-corrected chi connectivity index (χ0v) is 19.3. The van der Waals surface area contributed by atoms with E-state index in [1.807, 2.05) is 48.5 Å². The van der Waals surface area contributed by atoms with Crippen LogP contribution in [0.5, 0.6) is 5.75 Å². The highest BCUT2D eigenvalue weighted by atomic mass is 16.7. The number of nitrogens with one attached hydrogen (secondary N) is 1. The zero-order valence-electron chi connectivity index (χ0n) is 19.3. The van der Waals surface area contributed by atoms with Gasteiger partial charge in [-0.05, 0) is 59.6 Å². The number of fused-ring (bicyclic) bond motifs is 1. The summed E-state index contributed by atoms with van der Waals surface area (Å²) in [6.45, 7) is -0.0718. The van der Waals surface area contributed by atoms with E-state index in [-0.39, 0.29) is 18.7 Å². The molecule has 0 saturated heterocycles. The fraction of sp³-hybridized carbons (Fsp3) is 0.241. The van der Waals surface area contributed by atoms with Gasteiger partial charge in [-0.2, -0.15) is 0 Å². The van der Waals surface area contributed by atoms with E-state index < -0.39 is 0 Å². The maximum atomic E-state index is 11.4. The molecule has 1 N–H and O–H groups in total. The van der Waals surface area contributed by atoms with Crippen LogP contribution in [0.2, 0.25) is 0 Å². The van der Waals surface area contributed by atoms with Crippen LogP contribution in [0.4, 0.5) is 0 Å². The number of ether oxygens (including phenoxy) is 2. The van der Waals surface area contributed by atoms with E-state index in [0.29, 0.717) is 5.92 Å². The molecule has 0 amide bonds. The van der Waals surface area contributed by atoms with E-state index in [0.717, 1.165) is 36.1 Å². The smallest absolute Gasteiger partial charge is 0.343 e. The van der Waals surface area contributed by atoms with Gasteiger partial charge in [0.25, 0.3) is 0 Å². The summed E-state index contributed by atoms with van der Waals surface area (Å²) in [7, 11) is 1.36. The molecule has 0 heterocycles. The second-order valence-electron chi connectivity index (χ2n) is 8.18. The molecular formula is C29H29NO4. The molecule has 5 heteroatoms. The Hall–Kier alpha value is -3.79. The number of carbonyl (C=O) groups is 1. The lowest BCUT2D eigenvalue weighted by Crippen LogP contribution is -2.17. The molecule has 4 rings (SSSR count). The molecule has 0 aliphatic heterocycles. The van der Waals surface area contributed by atoms with Crippen LogP contribution in [-0.2, 0) is 27.2 Å². The monoisotopic (exact) mass is 455 g/mol. The van der Waals surface area contributed by atoms with Crippen molar-refractivity contribution in [2.75, 3.05) is 13.7 Å². The maximum absolute atomic E-state index is 11.4. The van der Waals surface area contributed by atoms with E-state index in [2.05, 4.69) is 52.4 Å². The third-order valence-electron chi connectivity index (χ3n) is 5.92. The minimum Gasteiger partial charge on any atom is -0.482 e. The van der Waals surface area contributed by atoms with Crippen molar-refractivity contribution in [3.05, 3.63) is 119 Å². The minimum absolute atomic E-state index is 0.0718. The van der Waals surface area contributed by atoms with Crippen molar-refractivity contribution >= 4 is 5.97 Å². The van der Waals surface area contributed by atoms with Gasteiger partial charge in [-0.1, -0.05) is 72.8 Å². The highest BCUT2D eigenvalue weighted by molar-refractivity contribution is 5.71. The Morgan fingerprint density at radius 2 is 1.74 bits per heavy atom. The number of hydroxylamine groups is 1. The Morgan fingerprint density at radius 3 is 2.41 bits per heavy atom. The van der Waals surface area contributed by atoms with Crippen LogP contribution in [-0.4, -0.2) is 19.7 Å². The van der Waals surface area contributed by atoms with Gasteiger partial charge >= 0.3 is 5.97 Å². The van der Waals surface area contributed by atoms with Gasteiger partial charge in [-0.15, -0.1) is 5.73 Å². The first kappa shape index (κ1) is 23.4. The molecule has 0 radical (unpaired) electrons. The lowest BCUT2D eigenvalue weighted by atomic mass is 9.83.